The number of sulfonamides is 1. The number of hydrogen-bond donors (Lipinski definition) is 1. The van der Waals surface area contributed by atoms with E-state index in [1.54, 1.807) is 24.4 Å². The minimum Gasteiger partial charge on any atom is -0.394 e. The molecule has 31 heavy (non-hydrogen) atoms. The van der Waals surface area contributed by atoms with E-state index in [9.17, 15) is 13.5 Å². The lowest BCUT2D eigenvalue weighted by Crippen LogP contribution is -2.29. The second-order valence-electron chi connectivity index (χ2n) is 7.21. The number of hydrogen-bond acceptors (Lipinski definition) is 5. The molecule has 6 nitrogen and oxygen atoms in total. The van der Waals surface area contributed by atoms with Crippen LogP contribution < -0.4 is 0 Å². The highest BCUT2D eigenvalue weighted by molar-refractivity contribution is 7.90. The van der Waals surface area contributed by atoms with Crippen LogP contribution in [0.4, 0.5) is 0 Å². The third kappa shape index (κ3) is 3.37. The van der Waals surface area contributed by atoms with Crippen molar-refractivity contribution in [2.24, 2.45) is 9.50 Å². The first kappa shape index (κ1) is 19.4. The molecule has 5 rings (SSSR count). The Kier molecular flexibility index (Phi) is 4.77. The van der Waals surface area contributed by atoms with E-state index < -0.39 is 10.0 Å². The lowest BCUT2D eigenvalue weighted by Gasteiger charge is -2.18. The zero-order chi connectivity index (χ0) is 21.4. The van der Waals surface area contributed by atoms with E-state index in [-0.39, 0.29) is 23.9 Å². The lowest BCUT2D eigenvalue weighted by atomic mass is 9.97. The zero-order valence-corrected chi connectivity index (χ0v) is 17.3. The Labute approximate surface area is 179 Å². The fourth-order valence-corrected chi connectivity index (χ4v) is 5.11. The van der Waals surface area contributed by atoms with E-state index in [4.69, 9.17) is 0 Å². The van der Waals surface area contributed by atoms with Crippen molar-refractivity contribution in [3.05, 3.63) is 90.0 Å². The third-order valence-corrected chi connectivity index (χ3v) is 6.63. The van der Waals surface area contributed by atoms with E-state index in [2.05, 4.69) is 27.7 Å². The molecule has 0 atom stereocenters. The molecule has 154 valence electrons. The van der Waals surface area contributed by atoms with E-state index in [0.29, 0.717) is 5.56 Å². The van der Waals surface area contributed by atoms with Crippen LogP contribution >= 0.6 is 0 Å². The van der Waals surface area contributed by atoms with Gasteiger partial charge in [0.2, 0.25) is 0 Å². The summed E-state index contributed by atoms with van der Waals surface area (Å²) in [5, 5.41) is 19.9. The first-order valence-electron chi connectivity index (χ1n) is 9.86. The maximum Gasteiger partial charge on any atom is 0.285 e. The van der Waals surface area contributed by atoms with Gasteiger partial charge in [-0.1, -0.05) is 60.7 Å². The molecule has 1 aliphatic heterocycles. The van der Waals surface area contributed by atoms with Gasteiger partial charge in [0.25, 0.3) is 10.0 Å². The van der Waals surface area contributed by atoms with Crippen molar-refractivity contribution in [2.45, 2.75) is 4.90 Å². The number of hydrazone groups is 1. The molecule has 0 radical (unpaired) electrons. The Morgan fingerprint density at radius 2 is 1.52 bits per heavy atom. The van der Waals surface area contributed by atoms with E-state index in [0.717, 1.165) is 27.1 Å². The Hall–Kier alpha value is -3.55. The van der Waals surface area contributed by atoms with Crippen LogP contribution in [0.25, 0.3) is 21.5 Å². The highest BCUT2D eigenvalue weighted by atomic mass is 32.2. The van der Waals surface area contributed by atoms with Crippen molar-refractivity contribution in [3.63, 3.8) is 0 Å². The van der Waals surface area contributed by atoms with E-state index in [1.807, 2.05) is 36.4 Å². The first-order valence-corrected chi connectivity index (χ1v) is 11.3. The number of amidine groups is 1. The SMILES string of the molecule is O=S1(=O)N=C(N(CCO)/N=C/c2c3ccccc3cc3ccccc23)c2ccccc21. The van der Waals surface area contributed by atoms with Gasteiger partial charge < -0.3 is 5.11 Å². The second-order valence-corrected chi connectivity index (χ2v) is 8.78. The van der Waals surface area contributed by atoms with Crippen LogP contribution in [0.2, 0.25) is 0 Å². The molecule has 0 amide bonds. The van der Waals surface area contributed by atoms with Gasteiger partial charge in [-0.15, -0.1) is 4.40 Å². The van der Waals surface area contributed by atoms with Crippen LogP contribution in [0.1, 0.15) is 11.1 Å². The van der Waals surface area contributed by atoms with E-state index >= 15 is 0 Å². The predicted molar refractivity (Wildman–Crippen MR) is 123 cm³/mol. The number of aliphatic hydroxyl groups is 1. The number of aliphatic hydroxyl groups excluding tert-OH is 1. The highest BCUT2D eigenvalue weighted by Crippen LogP contribution is 2.29. The van der Waals surface area contributed by atoms with Crippen LogP contribution in [0.5, 0.6) is 0 Å². The van der Waals surface area contributed by atoms with Gasteiger partial charge in [-0.05, 0) is 39.7 Å². The summed E-state index contributed by atoms with van der Waals surface area (Å²) in [6, 6.07) is 24.9. The van der Waals surface area contributed by atoms with Crippen molar-refractivity contribution in [3.8, 4) is 0 Å². The minimum absolute atomic E-state index is 0.113. The molecule has 1 heterocycles. The van der Waals surface area contributed by atoms with Crippen LogP contribution in [0, 0.1) is 0 Å². The van der Waals surface area contributed by atoms with Gasteiger partial charge in [0.15, 0.2) is 5.84 Å². The molecule has 4 aromatic rings. The summed E-state index contributed by atoms with van der Waals surface area (Å²) in [6.07, 6.45) is 1.72. The summed E-state index contributed by atoms with van der Waals surface area (Å²) < 4.78 is 28.9. The number of nitrogens with zero attached hydrogens (tertiary/aromatic N) is 3. The Morgan fingerprint density at radius 1 is 0.903 bits per heavy atom. The second kappa shape index (κ2) is 7.61. The maximum atomic E-state index is 12.5. The summed E-state index contributed by atoms with van der Waals surface area (Å²) in [5.41, 5.74) is 1.40. The summed E-state index contributed by atoms with van der Waals surface area (Å²) in [6.45, 7) is -0.0866. The Balaban J connectivity index is 1.66. The summed E-state index contributed by atoms with van der Waals surface area (Å²) >= 11 is 0. The van der Waals surface area contributed by atoms with Gasteiger partial charge in [-0.3, -0.25) is 0 Å². The molecule has 0 aliphatic carbocycles. The van der Waals surface area contributed by atoms with Gasteiger partial charge >= 0.3 is 0 Å². The van der Waals surface area contributed by atoms with Crippen molar-refractivity contribution in [1.29, 1.82) is 0 Å². The fourth-order valence-electron chi connectivity index (χ4n) is 3.90. The van der Waals surface area contributed by atoms with Gasteiger partial charge in [0, 0.05) is 11.1 Å². The van der Waals surface area contributed by atoms with Crippen LogP contribution in [0.15, 0.2) is 93.3 Å². The number of rotatable bonds is 4. The molecule has 7 heteroatoms. The molecule has 1 aliphatic rings. The van der Waals surface area contributed by atoms with Crippen LogP contribution in [0.3, 0.4) is 0 Å². The average Bonchev–Trinajstić information content (AvgIpc) is 3.06. The number of fused-ring (bicyclic) bond motifs is 3. The molecular formula is C24H19N3O3S. The summed E-state index contributed by atoms with van der Waals surface area (Å²) in [7, 11) is -3.78. The minimum atomic E-state index is -3.78. The van der Waals surface area contributed by atoms with Crippen molar-refractivity contribution in [1.82, 2.24) is 5.01 Å². The molecule has 0 saturated heterocycles. The molecule has 0 spiro atoms. The van der Waals surface area contributed by atoms with Crippen molar-refractivity contribution in [2.75, 3.05) is 13.2 Å². The molecule has 0 saturated carbocycles. The quantitative estimate of drug-likeness (QED) is 0.304. The van der Waals surface area contributed by atoms with Gasteiger partial charge in [-0.25, -0.2) is 5.01 Å². The smallest absolute Gasteiger partial charge is 0.285 e. The molecule has 0 unspecified atom stereocenters. The molecular weight excluding hydrogens is 410 g/mol. The van der Waals surface area contributed by atoms with Gasteiger partial charge in [0.05, 0.1) is 19.4 Å². The lowest BCUT2D eigenvalue weighted by molar-refractivity contribution is 0.254. The largest absolute Gasteiger partial charge is 0.394 e. The normalized spacial score (nSPS) is 14.8. The standard InChI is InChI=1S/C24H19N3O3S/c28-14-13-27(24-21-11-5-6-12-23(21)31(29,30)26-24)25-16-22-19-9-3-1-7-17(19)15-18-8-2-4-10-20(18)22/h1-12,15-16,28H,13-14H2/b25-16+. The van der Waals surface area contributed by atoms with Gasteiger partial charge in [-0.2, -0.15) is 13.5 Å². The molecule has 0 fully saturated rings. The van der Waals surface area contributed by atoms with Crippen molar-refractivity contribution < 1.29 is 13.5 Å². The third-order valence-electron chi connectivity index (χ3n) is 5.31. The average molecular weight is 430 g/mol. The Morgan fingerprint density at radius 3 is 2.19 bits per heavy atom. The number of benzene rings is 4. The van der Waals surface area contributed by atoms with Crippen LogP contribution in [-0.4, -0.2) is 43.7 Å². The fraction of sp³-hybridized carbons (Fsp3) is 0.0833. The molecule has 0 aromatic heterocycles. The topological polar surface area (TPSA) is 82.3 Å². The first-order chi connectivity index (χ1) is 15.1. The molecule has 4 aromatic carbocycles. The maximum absolute atomic E-state index is 12.5. The molecule has 1 N–H and O–H groups in total. The zero-order valence-electron chi connectivity index (χ0n) is 16.5. The highest BCUT2D eigenvalue weighted by Gasteiger charge is 2.31. The summed E-state index contributed by atoms with van der Waals surface area (Å²) in [4.78, 5) is 0.152. The predicted octanol–water partition coefficient (Wildman–Crippen LogP) is 3.77. The summed E-state index contributed by atoms with van der Waals surface area (Å²) in [5.74, 6) is 0.213. The van der Waals surface area contributed by atoms with Crippen molar-refractivity contribution >= 4 is 43.6 Å². The monoisotopic (exact) mass is 429 g/mol. The Bertz CT molecular complexity index is 1420. The van der Waals surface area contributed by atoms with Gasteiger partial charge in [0.1, 0.15) is 4.90 Å². The van der Waals surface area contributed by atoms with Crippen LogP contribution in [-0.2, 0) is 10.0 Å². The van der Waals surface area contributed by atoms with E-state index in [1.165, 1.54) is 11.1 Å². The molecule has 0 bridgehead atoms.